The second kappa shape index (κ2) is 9.33. The van der Waals surface area contributed by atoms with Gasteiger partial charge in [0.25, 0.3) is 11.9 Å². The molecule has 0 spiro atoms. The topological polar surface area (TPSA) is 121 Å². The number of hydrogen-bond donors (Lipinski definition) is 2. The van der Waals surface area contributed by atoms with Gasteiger partial charge in [-0.2, -0.15) is 0 Å². The highest BCUT2D eigenvalue weighted by molar-refractivity contribution is 6.02. The number of aliphatic imine (C=N–C) groups is 1. The number of fused-ring (bicyclic) bond motifs is 1. The molecule has 1 aliphatic carbocycles. The SMILES string of the molecule is NC1=N[C@](CF)(c2cc(NC(=O)c3cnc(OCF)cn3)ccc2F)[C@H]2[C@H](CC3CC3)OC[C@H]2O1. The molecule has 0 bridgehead atoms. The number of amidine groups is 1. The zero-order valence-electron chi connectivity index (χ0n) is 18.6. The average Bonchev–Trinajstić information content (AvgIpc) is 3.58. The predicted molar refractivity (Wildman–Crippen MR) is 118 cm³/mol. The summed E-state index contributed by atoms with van der Waals surface area (Å²) in [6.07, 6.45) is 4.14. The number of nitrogens with one attached hydrogen (secondary N) is 1. The molecule has 1 aromatic carbocycles. The maximum atomic E-state index is 15.2. The molecule has 0 radical (unpaired) electrons. The van der Waals surface area contributed by atoms with Crippen LogP contribution in [-0.2, 0) is 15.0 Å². The molecule has 0 unspecified atom stereocenters. The zero-order valence-corrected chi connectivity index (χ0v) is 18.6. The van der Waals surface area contributed by atoms with E-state index in [1.54, 1.807) is 0 Å². The number of rotatable bonds is 8. The second-order valence-corrected chi connectivity index (χ2v) is 8.88. The van der Waals surface area contributed by atoms with Crippen LogP contribution in [0, 0.1) is 17.7 Å². The quantitative estimate of drug-likeness (QED) is 0.583. The van der Waals surface area contributed by atoms with E-state index in [0.29, 0.717) is 12.3 Å². The standard InChI is InChI=1S/C23H24F3N5O4/c24-10-23(20-17(5-12-1-2-12)33-9-18(20)35-22(27)31-23)14-6-13(3-4-15(14)26)30-21(32)16-7-29-19(8-28-16)34-11-25/h3-4,6-8,12,17-18,20H,1-2,5,9-11H2,(H2,27,31)(H,30,32)/t17-,18+,20-,23+/m0/s1. The van der Waals surface area contributed by atoms with E-state index in [2.05, 4.69) is 25.0 Å². The lowest BCUT2D eigenvalue weighted by Gasteiger charge is -2.41. The van der Waals surface area contributed by atoms with E-state index in [1.165, 1.54) is 12.1 Å². The number of aromatic nitrogens is 2. The summed E-state index contributed by atoms with van der Waals surface area (Å²) < 4.78 is 58.5. The van der Waals surface area contributed by atoms with Crippen LogP contribution in [0.4, 0.5) is 18.9 Å². The van der Waals surface area contributed by atoms with Gasteiger partial charge < -0.3 is 25.3 Å². The Kier molecular flexibility index (Phi) is 6.22. The third kappa shape index (κ3) is 4.49. The molecule has 9 nitrogen and oxygen atoms in total. The summed E-state index contributed by atoms with van der Waals surface area (Å²) in [5.74, 6) is -1.53. The maximum absolute atomic E-state index is 15.2. The fourth-order valence-corrected chi connectivity index (χ4v) is 4.86. The van der Waals surface area contributed by atoms with Crippen molar-refractivity contribution in [2.75, 3.05) is 25.5 Å². The summed E-state index contributed by atoms with van der Waals surface area (Å²) in [4.78, 5) is 24.6. The van der Waals surface area contributed by atoms with Crippen molar-refractivity contribution in [2.45, 2.75) is 37.0 Å². The first kappa shape index (κ1) is 23.3. The molecule has 2 aliphatic heterocycles. The average molecular weight is 491 g/mol. The van der Waals surface area contributed by atoms with Crippen molar-refractivity contribution in [3.8, 4) is 5.88 Å². The van der Waals surface area contributed by atoms with Crippen LogP contribution in [0.1, 0.15) is 35.3 Å². The minimum atomic E-state index is -1.67. The second-order valence-electron chi connectivity index (χ2n) is 8.88. The van der Waals surface area contributed by atoms with Crippen molar-refractivity contribution in [1.29, 1.82) is 0 Å². The third-order valence-electron chi connectivity index (χ3n) is 6.63. The van der Waals surface area contributed by atoms with E-state index in [1.807, 2.05) is 0 Å². The van der Waals surface area contributed by atoms with Crippen molar-refractivity contribution in [1.82, 2.24) is 9.97 Å². The van der Waals surface area contributed by atoms with Gasteiger partial charge in [0.15, 0.2) is 0 Å². The lowest BCUT2D eigenvalue weighted by Crippen LogP contribution is -2.52. The Labute approximate surface area is 198 Å². The fourth-order valence-electron chi connectivity index (χ4n) is 4.86. The first-order chi connectivity index (χ1) is 16.9. The van der Waals surface area contributed by atoms with Crippen LogP contribution in [-0.4, -0.2) is 54.2 Å². The molecule has 4 atom stereocenters. The Morgan fingerprint density at radius 1 is 1.26 bits per heavy atom. The molecule has 35 heavy (non-hydrogen) atoms. The van der Waals surface area contributed by atoms with E-state index in [-0.39, 0.29) is 41.6 Å². The molecular formula is C23H24F3N5O4. The number of hydrogen-bond acceptors (Lipinski definition) is 8. The Bertz CT molecular complexity index is 1130. The lowest BCUT2D eigenvalue weighted by molar-refractivity contribution is 0.0291. The highest BCUT2D eigenvalue weighted by Gasteiger charge is 2.58. The predicted octanol–water partition coefficient (Wildman–Crippen LogP) is 2.87. The van der Waals surface area contributed by atoms with Crippen LogP contribution in [0.15, 0.2) is 35.6 Å². The lowest BCUT2D eigenvalue weighted by atomic mass is 9.72. The maximum Gasteiger partial charge on any atom is 0.283 e. The molecule has 3 aliphatic rings. The highest BCUT2D eigenvalue weighted by Crippen LogP contribution is 2.50. The Balaban J connectivity index is 1.46. The molecule has 1 saturated carbocycles. The number of nitrogens with zero attached hydrogens (tertiary/aromatic N) is 3. The van der Waals surface area contributed by atoms with Crippen molar-refractivity contribution in [3.63, 3.8) is 0 Å². The molecule has 1 amide bonds. The van der Waals surface area contributed by atoms with Crippen molar-refractivity contribution in [2.24, 2.45) is 22.6 Å². The highest BCUT2D eigenvalue weighted by atomic mass is 19.1. The molecule has 1 aromatic heterocycles. The van der Waals surface area contributed by atoms with Gasteiger partial charge in [0.05, 0.1) is 31.0 Å². The van der Waals surface area contributed by atoms with Gasteiger partial charge in [0.1, 0.15) is 29.8 Å². The van der Waals surface area contributed by atoms with E-state index >= 15 is 4.39 Å². The molecule has 186 valence electrons. The number of anilines is 1. The van der Waals surface area contributed by atoms with Crippen molar-refractivity contribution >= 4 is 17.6 Å². The normalized spacial score (nSPS) is 27.5. The van der Waals surface area contributed by atoms with E-state index in [0.717, 1.165) is 31.3 Å². The molecule has 2 aromatic rings. The number of amides is 1. The summed E-state index contributed by atoms with van der Waals surface area (Å²) in [7, 11) is 0. The van der Waals surface area contributed by atoms with Gasteiger partial charge in [0, 0.05) is 11.3 Å². The summed E-state index contributed by atoms with van der Waals surface area (Å²) >= 11 is 0. The van der Waals surface area contributed by atoms with Crippen molar-refractivity contribution < 1.29 is 32.2 Å². The Morgan fingerprint density at radius 2 is 2.09 bits per heavy atom. The largest absolute Gasteiger partial charge is 0.459 e. The summed E-state index contributed by atoms with van der Waals surface area (Å²) in [5.41, 5.74) is 4.28. The molecule has 5 rings (SSSR count). The van der Waals surface area contributed by atoms with Crippen LogP contribution >= 0.6 is 0 Å². The third-order valence-corrected chi connectivity index (χ3v) is 6.63. The number of carbonyl (C=O) groups excluding carboxylic acids is 1. The number of carbonyl (C=O) groups is 1. The number of ether oxygens (including phenoxy) is 3. The van der Waals surface area contributed by atoms with Gasteiger partial charge in [-0.25, -0.2) is 28.1 Å². The molecule has 12 heteroatoms. The van der Waals surface area contributed by atoms with Crippen LogP contribution in [0.2, 0.25) is 0 Å². The van der Waals surface area contributed by atoms with E-state index in [9.17, 15) is 13.6 Å². The Morgan fingerprint density at radius 3 is 2.77 bits per heavy atom. The van der Waals surface area contributed by atoms with Crippen LogP contribution in [0.25, 0.3) is 0 Å². The van der Waals surface area contributed by atoms with Crippen molar-refractivity contribution in [3.05, 3.63) is 47.7 Å². The van der Waals surface area contributed by atoms with E-state index < -0.39 is 42.8 Å². The van der Waals surface area contributed by atoms with Gasteiger partial charge in [-0.1, -0.05) is 12.8 Å². The molecule has 3 heterocycles. The first-order valence-corrected chi connectivity index (χ1v) is 11.2. The van der Waals surface area contributed by atoms with E-state index in [4.69, 9.17) is 15.2 Å². The first-order valence-electron chi connectivity index (χ1n) is 11.2. The van der Waals surface area contributed by atoms with Gasteiger partial charge in [-0.05, 0) is 30.5 Å². The number of benzene rings is 1. The monoisotopic (exact) mass is 491 g/mol. The van der Waals surface area contributed by atoms with Gasteiger partial charge >= 0.3 is 0 Å². The van der Waals surface area contributed by atoms with Crippen LogP contribution in [0.5, 0.6) is 5.88 Å². The Hall–Kier alpha value is -3.41. The van der Waals surface area contributed by atoms with Crippen LogP contribution < -0.4 is 15.8 Å². The number of alkyl halides is 2. The molecular weight excluding hydrogens is 467 g/mol. The number of nitrogens with two attached hydrogens (primary N) is 1. The summed E-state index contributed by atoms with van der Waals surface area (Å²) in [6, 6.07) is 3.58. The summed E-state index contributed by atoms with van der Waals surface area (Å²) in [6.45, 7) is -1.90. The smallest absolute Gasteiger partial charge is 0.283 e. The summed E-state index contributed by atoms with van der Waals surface area (Å²) in [5, 5.41) is 2.59. The zero-order chi connectivity index (χ0) is 24.6. The molecule has 2 fully saturated rings. The van der Waals surface area contributed by atoms with Gasteiger partial charge in [-0.15, -0.1) is 0 Å². The van der Waals surface area contributed by atoms with Gasteiger partial charge in [-0.3, -0.25) is 4.79 Å². The molecule has 1 saturated heterocycles. The fraction of sp³-hybridized carbons (Fsp3) is 0.478. The van der Waals surface area contributed by atoms with Crippen LogP contribution in [0.3, 0.4) is 0 Å². The minimum absolute atomic E-state index is 0.0527. The van der Waals surface area contributed by atoms with Gasteiger partial charge in [0.2, 0.25) is 12.7 Å². The minimum Gasteiger partial charge on any atom is -0.459 e. The number of halogens is 3. The molecule has 3 N–H and O–H groups in total.